The third-order valence-electron chi connectivity index (χ3n) is 5.01. The predicted molar refractivity (Wildman–Crippen MR) is 82.0 cm³/mol. The van der Waals surface area contributed by atoms with Gasteiger partial charge >= 0.3 is 0 Å². The summed E-state index contributed by atoms with van der Waals surface area (Å²) < 4.78 is 10.8. The van der Waals surface area contributed by atoms with Gasteiger partial charge in [-0.2, -0.15) is 0 Å². The van der Waals surface area contributed by atoms with Crippen molar-refractivity contribution in [1.29, 1.82) is 0 Å². The van der Waals surface area contributed by atoms with Crippen molar-refractivity contribution >= 4 is 0 Å². The zero-order chi connectivity index (χ0) is 15.0. The van der Waals surface area contributed by atoms with E-state index in [9.17, 15) is 5.11 Å². The molecule has 0 amide bonds. The molecule has 1 aliphatic heterocycles. The molecule has 21 heavy (non-hydrogen) atoms. The number of rotatable bonds is 3. The van der Waals surface area contributed by atoms with Gasteiger partial charge in [0.05, 0.1) is 20.3 Å². The SMILES string of the molecule is COc1ccc([C@]23C=C[C@H](O)C[C@H]2N(C)CC3)cc1OC. The molecule has 0 unspecified atom stereocenters. The number of ether oxygens (including phenoxy) is 2. The van der Waals surface area contributed by atoms with Gasteiger partial charge in [0.25, 0.3) is 0 Å². The number of likely N-dealkylation sites (tertiary alicyclic amines) is 1. The van der Waals surface area contributed by atoms with Crippen molar-refractivity contribution in [2.24, 2.45) is 0 Å². The summed E-state index contributed by atoms with van der Waals surface area (Å²) in [5.41, 5.74) is 1.20. The van der Waals surface area contributed by atoms with E-state index in [0.29, 0.717) is 6.04 Å². The zero-order valence-corrected chi connectivity index (χ0v) is 12.9. The minimum atomic E-state index is -0.344. The molecule has 4 heteroatoms. The Kier molecular flexibility index (Phi) is 3.68. The Hall–Kier alpha value is -1.52. The molecule has 1 N–H and O–H groups in total. The molecule has 0 saturated carbocycles. The summed E-state index contributed by atoms with van der Waals surface area (Å²) in [6.07, 6.45) is 5.63. The normalized spacial score (nSPS) is 32.0. The lowest BCUT2D eigenvalue weighted by molar-refractivity contribution is 0.137. The fourth-order valence-electron chi connectivity index (χ4n) is 3.81. The molecule has 1 aromatic carbocycles. The molecular weight excluding hydrogens is 266 g/mol. The quantitative estimate of drug-likeness (QED) is 0.864. The zero-order valence-electron chi connectivity index (χ0n) is 12.9. The Bertz CT molecular complexity index is 557. The second-order valence-electron chi connectivity index (χ2n) is 6.02. The topological polar surface area (TPSA) is 41.9 Å². The summed E-state index contributed by atoms with van der Waals surface area (Å²) in [5.74, 6) is 1.51. The first-order valence-corrected chi connectivity index (χ1v) is 7.41. The number of methoxy groups -OCH3 is 2. The number of aliphatic hydroxyl groups is 1. The average Bonchev–Trinajstić information content (AvgIpc) is 2.85. The lowest BCUT2D eigenvalue weighted by Gasteiger charge is -2.39. The maximum absolute atomic E-state index is 9.96. The van der Waals surface area contributed by atoms with Gasteiger partial charge in [-0.25, -0.2) is 0 Å². The van der Waals surface area contributed by atoms with E-state index in [-0.39, 0.29) is 11.5 Å². The number of aliphatic hydroxyl groups excluding tert-OH is 1. The molecule has 3 atom stereocenters. The second kappa shape index (κ2) is 5.35. The number of likely N-dealkylation sites (N-methyl/N-ethyl adjacent to an activating group) is 1. The first-order chi connectivity index (χ1) is 10.1. The predicted octanol–water partition coefficient (Wildman–Crippen LogP) is 1.97. The summed E-state index contributed by atoms with van der Waals surface area (Å²) in [6.45, 7) is 1.04. The highest BCUT2D eigenvalue weighted by Crippen LogP contribution is 2.46. The highest BCUT2D eigenvalue weighted by atomic mass is 16.5. The summed E-state index contributed by atoms with van der Waals surface area (Å²) in [4.78, 5) is 2.35. The van der Waals surface area contributed by atoms with Gasteiger partial charge in [-0.15, -0.1) is 0 Å². The summed E-state index contributed by atoms with van der Waals surface area (Å²) in [6, 6.07) is 6.50. The maximum Gasteiger partial charge on any atom is 0.161 e. The summed E-state index contributed by atoms with van der Waals surface area (Å²) in [7, 11) is 5.45. The number of benzene rings is 1. The van der Waals surface area contributed by atoms with Crippen molar-refractivity contribution in [2.45, 2.75) is 30.4 Å². The maximum atomic E-state index is 9.96. The number of fused-ring (bicyclic) bond motifs is 1. The highest BCUT2D eigenvalue weighted by Gasteiger charge is 2.48. The molecule has 1 saturated heterocycles. The molecule has 1 fully saturated rings. The minimum Gasteiger partial charge on any atom is -0.493 e. The molecule has 114 valence electrons. The van der Waals surface area contributed by atoms with Gasteiger partial charge in [-0.05, 0) is 44.1 Å². The van der Waals surface area contributed by atoms with E-state index >= 15 is 0 Å². The Morgan fingerprint density at radius 2 is 2.00 bits per heavy atom. The van der Waals surface area contributed by atoms with Crippen LogP contribution in [-0.4, -0.2) is 50.0 Å². The monoisotopic (exact) mass is 289 g/mol. The molecule has 1 heterocycles. The van der Waals surface area contributed by atoms with Crippen LogP contribution in [-0.2, 0) is 5.41 Å². The van der Waals surface area contributed by atoms with Crippen LogP contribution in [0.1, 0.15) is 18.4 Å². The molecule has 1 aliphatic carbocycles. The first kappa shape index (κ1) is 14.4. The van der Waals surface area contributed by atoms with Crippen molar-refractivity contribution in [2.75, 3.05) is 27.8 Å². The lowest BCUT2D eigenvalue weighted by Crippen LogP contribution is -2.44. The Labute approximate surface area is 126 Å². The Balaban J connectivity index is 2.07. The third-order valence-corrected chi connectivity index (χ3v) is 5.01. The minimum absolute atomic E-state index is 0.0342. The molecule has 0 aromatic heterocycles. The van der Waals surface area contributed by atoms with Crippen LogP contribution in [0, 0.1) is 0 Å². The average molecular weight is 289 g/mol. The van der Waals surface area contributed by atoms with Crippen molar-refractivity contribution in [3.8, 4) is 11.5 Å². The lowest BCUT2D eigenvalue weighted by atomic mass is 9.69. The van der Waals surface area contributed by atoms with Crippen molar-refractivity contribution in [3.05, 3.63) is 35.9 Å². The third kappa shape index (κ3) is 2.23. The molecule has 0 bridgehead atoms. The molecular formula is C17H23NO3. The number of hydrogen-bond acceptors (Lipinski definition) is 4. The van der Waals surface area contributed by atoms with E-state index in [4.69, 9.17) is 9.47 Å². The second-order valence-corrected chi connectivity index (χ2v) is 6.02. The Morgan fingerprint density at radius 3 is 2.71 bits per heavy atom. The van der Waals surface area contributed by atoms with Crippen LogP contribution >= 0.6 is 0 Å². The van der Waals surface area contributed by atoms with Crippen LogP contribution in [0.5, 0.6) is 11.5 Å². The van der Waals surface area contributed by atoms with Crippen LogP contribution in [0.25, 0.3) is 0 Å². The van der Waals surface area contributed by atoms with Gasteiger partial charge < -0.3 is 19.5 Å². The molecule has 0 spiro atoms. The summed E-state index contributed by atoms with van der Waals surface area (Å²) in [5, 5.41) is 9.96. The van der Waals surface area contributed by atoms with Gasteiger partial charge in [0.2, 0.25) is 0 Å². The van der Waals surface area contributed by atoms with E-state index < -0.39 is 0 Å². The number of nitrogens with zero attached hydrogens (tertiary/aromatic N) is 1. The van der Waals surface area contributed by atoms with Gasteiger partial charge in [0.15, 0.2) is 11.5 Å². The largest absolute Gasteiger partial charge is 0.493 e. The van der Waals surface area contributed by atoms with Crippen molar-refractivity contribution in [3.63, 3.8) is 0 Å². The molecule has 1 aromatic rings. The molecule has 3 rings (SSSR count). The van der Waals surface area contributed by atoms with Crippen LogP contribution in [0.2, 0.25) is 0 Å². The fraction of sp³-hybridized carbons (Fsp3) is 0.529. The van der Waals surface area contributed by atoms with Crippen LogP contribution in [0.3, 0.4) is 0 Å². The van der Waals surface area contributed by atoms with E-state index in [1.165, 1.54) is 5.56 Å². The van der Waals surface area contributed by atoms with Crippen molar-refractivity contribution < 1.29 is 14.6 Å². The van der Waals surface area contributed by atoms with Crippen molar-refractivity contribution in [1.82, 2.24) is 4.90 Å². The van der Waals surface area contributed by atoms with Crippen LogP contribution in [0.15, 0.2) is 30.4 Å². The van der Waals surface area contributed by atoms with E-state index in [1.54, 1.807) is 14.2 Å². The smallest absolute Gasteiger partial charge is 0.161 e. The Morgan fingerprint density at radius 1 is 1.24 bits per heavy atom. The molecule has 4 nitrogen and oxygen atoms in total. The molecule has 2 aliphatic rings. The fourth-order valence-corrected chi connectivity index (χ4v) is 3.81. The standard InChI is InChI=1S/C17H23NO3/c1-18-9-8-17(7-6-13(19)11-16(17)18)12-4-5-14(20-2)15(10-12)21-3/h4-7,10,13,16,19H,8-9,11H2,1-3H3/t13-,16+,17+/m0/s1. The van der Waals surface area contributed by atoms with Gasteiger partial charge in [-0.3, -0.25) is 0 Å². The first-order valence-electron chi connectivity index (χ1n) is 7.41. The van der Waals surface area contributed by atoms with E-state index in [1.807, 2.05) is 12.1 Å². The van der Waals surface area contributed by atoms with E-state index in [2.05, 4.69) is 30.2 Å². The highest BCUT2D eigenvalue weighted by molar-refractivity contribution is 5.48. The van der Waals surface area contributed by atoms with Gasteiger partial charge in [0, 0.05) is 11.5 Å². The van der Waals surface area contributed by atoms with Crippen LogP contribution < -0.4 is 9.47 Å². The number of hydrogen-bond donors (Lipinski definition) is 1. The van der Waals surface area contributed by atoms with Crippen LogP contribution in [0.4, 0.5) is 0 Å². The molecule has 0 radical (unpaired) electrons. The van der Waals surface area contributed by atoms with Gasteiger partial charge in [0.1, 0.15) is 0 Å². The summed E-state index contributed by atoms with van der Waals surface area (Å²) >= 11 is 0. The van der Waals surface area contributed by atoms with E-state index in [0.717, 1.165) is 30.9 Å². The van der Waals surface area contributed by atoms with Gasteiger partial charge in [-0.1, -0.05) is 18.2 Å².